The maximum absolute atomic E-state index is 14.0. The molecule has 0 saturated carbocycles. The number of benzene rings is 2. The first kappa shape index (κ1) is 19.8. The average Bonchev–Trinajstić information content (AvgIpc) is 3.04. The molecule has 2 heterocycles. The normalized spacial score (nSPS) is 21.5. The van der Waals surface area contributed by atoms with E-state index >= 15 is 0 Å². The van der Waals surface area contributed by atoms with Crippen LogP contribution in [0.2, 0.25) is 0 Å². The zero-order valence-corrected chi connectivity index (χ0v) is 16.5. The molecule has 0 bridgehead atoms. The molecule has 2 atom stereocenters. The third-order valence-electron chi connectivity index (χ3n) is 6.13. The number of nitrogens with zero attached hydrogens (tertiary/aromatic N) is 3. The van der Waals surface area contributed by atoms with Gasteiger partial charge in [-0.2, -0.15) is 0 Å². The van der Waals surface area contributed by atoms with Crippen LogP contribution in [0.15, 0.2) is 47.6 Å². The molecule has 0 amide bonds. The van der Waals surface area contributed by atoms with Gasteiger partial charge in [0.1, 0.15) is 11.6 Å². The van der Waals surface area contributed by atoms with Crippen molar-refractivity contribution in [2.45, 2.75) is 44.1 Å². The van der Waals surface area contributed by atoms with E-state index in [4.69, 9.17) is 5.21 Å². The summed E-state index contributed by atoms with van der Waals surface area (Å²) < 4.78 is 27.5. The number of oxime groups is 1. The first-order valence-corrected chi connectivity index (χ1v) is 10.4. The zero-order valence-electron chi connectivity index (χ0n) is 16.5. The Hall–Kier alpha value is -2.47. The van der Waals surface area contributed by atoms with Crippen LogP contribution in [0.1, 0.15) is 43.6 Å². The third-order valence-corrected chi connectivity index (χ3v) is 6.13. The number of anilines is 2. The summed E-state index contributed by atoms with van der Waals surface area (Å²) in [6, 6.07) is 11.9. The minimum absolute atomic E-state index is 0.203. The standard InChI is InChI=1S/C23H27F2N3O/c24-17-5-8-19(9-6-17)28-22-10-7-18(25)15-20(22)21-16-27(14-11-23(21)28)13-4-2-1-3-12-26-29/h5-10,12,15,21,23,29H,1-4,11,13-14,16H2/t21-,23+/m0/s1. The highest BCUT2D eigenvalue weighted by atomic mass is 19.1. The largest absolute Gasteiger partial charge is 0.411 e. The molecule has 4 nitrogen and oxygen atoms in total. The molecule has 1 N–H and O–H groups in total. The van der Waals surface area contributed by atoms with Crippen molar-refractivity contribution < 1.29 is 14.0 Å². The van der Waals surface area contributed by atoms with Gasteiger partial charge in [-0.15, -0.1) is 5.16 Å². The highest BCUT2D eigenvalue weighted by molar-refractivity contribution is 5.73. The summed E-state index contributed by atoms with van der Waals surface area (Å²) in [6.07, 6.45) is 6.57. The highest BCUT2D eigenvalue weighted by Crippen LogP contribution is 2.48. The fraction of sp³-hybridized carbons (Fsp3) is 0.435. The fourth-order valence-corrected chi connectivity index (χ4v) is 4.78. The molecule has 4 rings (SSSR count). The average molecular weight is 399 g/mol. The predicted molar refractivity (Wildman–Crippen MR) is 111 cm³/mol. The maximum atomic E-state index is 14.0. The van der Waals surface area contributed by atoms with Gasteiger partial charge in [-0.1, -0.05) is 6.42 Å². The molecule has 2 aromatic carbocycles. The molecule has 0 aliphatic carbocycles. The van der Waals surface area contributed by atoms with Crippen LogP contribution >= 0.6 is 0 Å². The molecule has 2 aliphatic heterocycles. The zero-order chi connectivity index (χ0) is 20.2. The molecule has 2 aromatic rings. The lowest BCUT2D eigenvalue weighted by atomic mass is 9.88. The Morgan fingerprint density at radius 1 is 1.03 bits per heavy atom. The van der Waals surface area contributed by atoms with Crippen molar-refractivity contribution in [3.8, 4) is 0 Å². The van der Waals surface area contributed by atoms with Gasteiger partial charge in [-0.05, 0) is 80.3 Å². The summed E-state index contributed by atoms with van der Waals surface area (Å²) in [6.45, 7) is 2.95. The number of rotatable bonds is 7. The molecule has 0 radical (unpaired) electrons. The van der Waals surface area contributed by atoms with Crippen molar-refractivity contribution in [2.24, 2.45) is 5.16 Å². The summed E-state index contributed by atoms with van der Waals surface area (Å²) >= 11 is 0. The van der Waals surface area contributed by atoms with Gasteiger partial charge in [0.15, 0.2) is 0 Å². The smallest absolute Gasteiger partial charge is 0.123 e. The molecule has 2 aliphatic rings. The lowest BCUT2D eigenvalue weighted by molar-refractivity contribution is 0.193. The van der Waals surface area contributed by atoms with Crippen LogP contribution < -0.4 is 4.90 Å². The van der Waals surface area contributed by atoms with Crippen LogP contribution in [0.25, 0.3) is 0 Å². The van der Waals surface area contributed by atoms with Crippen molar-refractivity contribution in [1.82, 2.24) is 4.90 Å². The van der Waals surface area contributed by atoms with E-state index in [-0.39, 0.29) is 23.6 Å². The van der Waals surface area contributed by atoms with Gasteiger partial charge in [-0.3, -0.25) is 0 Å². The number of likely N-dealkylation sites (tertiary alicyclic amines) is 1. The quantitative estimate of drug-likeness (QED) is 0.297. The summed E-state index contributed by atoms with van der Waals surface area (Å²) in [5, 5.41) is 11.5. The molecule has 29 heavy (non-hydrogen) atoms. The SMILES string of the molecule is ON=CCCCCCN1CC[C@@H]2[C@@H](C1)c1cc(F)ccc1N2c1ccc(F)cc1. The Kier molecular flexibility index (Phi) is 6.09. The van der Waals surface area contributed by atoms with Gasteiger partial charge in [0.05, 0.1) is 0 Å². The van der Waals surface area contributed by atoms with Gasteiger partial charge in [-0.25, -0.2) is 8.78 Å². The topological polar surface area (TPSA) is 39.1 Å². The van der Waals surface area contributed by atoms with E-state index < -0.39 is 0 Å². The summed E-state index contributed by atoms with van der Waals surface area (Å²) in [5.41, 5.74) is 3.06. The van der Waals surface area contributed by atoms with Crippen molar-refractivity contribution in [1.29, 1.82) is 0 Å². The first-order valence-electron chi connectivity index (χ1n) is 10.4. The van der Waals surface area contributed by atoms with E-state index in [1.807, 2.05) is 18.2 Å². The van der Waals surface area contributed by atoms with Crippen molar-refractivity contribution in [3.63, 3.8) is 0 Å². The molecule has 6 heteroatoms. The van der Waals surface area contributed by atoms with Crippen molar-refractivity contribution in [2.75, 3.05) is 24.5 Å². The Bertz CT molecular complexity index is 856. The summed E-state index contributed by atoms with van der Waals surface area (Å²) in [7, 11) is 0. The molecule has 1 saturated heterocycles. The van der Waals surface area contributed by atoms with Crippen LogP contribution in [0.4, 0.5) is 20.2 Å². The molecular formula is C23H27F2N3O. The Morgan fingerprint density at radius 3 is 2.62 bits per heavy atom. The van der Waals surface area contributed by atoms with E-state index in [9.17, 15) is 8.78 Å². The van der Waals surface area contributed by atoms with Gasteiger partial charge in [0.25, 0.3) is 0 Å². The second-order valence-electron chi connectivity index (χ2n) is 7.96. The van der Waals surface area contributed by atoms with E-state index in [0.29, 0.717) is 0 Å². The lowest BCUT2D eigenvalue weighted by Crippen LogP contribution is -2.45. The van der Waals surface area contributed by atoms with Crippen molar-refractivity contribution >= 4 is 17.6 Å². The number of piperidine rings is 1. The van der Waals surface area contributed by atoms with E-state index in [1.165, 1.54) is 18.2 Å². The Labute approximate surface area is 170 Å². The van der Waals surface area contributed by atoms with E-state index in [2.05, 4.69) is 15.0 Å². The molecule has 154 valence electrons. The molecule has 1 fully saturated rings. The fourth-order valence-electron chi connectivity index (χ4n) is 4.78. The maximum Gasteiger partial charge on any atom is 0.123 e. The van der Waals surface area contributed by atoms with Crippen molar-refractivity contribution in [3.05, 3.63) is 59.7 Å². The summed E-state index contributed by atoms with van der Waals surface area (Å²) in [4.78, 5) is 4.74. The minimum atomic E-state index is -0.246. The predicted octanol–water partition coefficient (Wildman–Crippen LogP) is 5.29. The first-order chi connectivity index (χ1) is 14.2. The molecule has 0 unspecified atom stereocenters. The van der Waals surface area contributed by atoms with Crippen LogP contribution in [0.5, 0.6) is 0 Å². The van der Waals surface area contributed by atoms with Crippen LogP contribution in [-0.4, -0.2) is 42.0 Å². The Morgan fingerprint density at radius 2 is 1.83 bits per heavy atom. The van der Waals surface area contributed by atoms with E-state index in [0.717, 1.165) is 68.7 Å². The Balaban J connectivity index is 1.48. The van der Waals surface area contributed by atoms with Gasteiger partial charge in [0.2, 0.25) is 0 Å². The molecular weight excluding hydrogens is 372 g/mol. The monoisotopic (exact) mass is 399 g/mol. The van der Waals surface area contributed by atoms with Crippen LogP contribution in [-0.2, 0) is 0 Å². The lowest BCUT2D eigenvalue weighted by Gasteiger charge is -2.39. The van der Waals surface area contributed by atoms with Gasteiger partial charge < -0.3 is 15.0 Å². The van der Waals surface area contributed by atoms with Gasteiger partial charge in [0, 0.05) is 42.6 Å². The summed E-state index contributed by atoms with van der Waals surface area (Å²) in [5.74, 6) is -0.198. The van der Waals surface area contributed by atoms with Crippen LogP contribution in [0, 0.1) is 11.6 Å². The second-order valence-corrected chi connectivity index (χ2v) is 7.96. The van der Waals surface area contributed by atoms with E-state index in [1.54, 1.807) is 12.3 Å². The highest BCUT2D eigenvalue weighted by Gasteiger charge is 2.42. The number of hydrogen-bond acceptors (Lipinski definition) is 4. The molecule has 0 aromatic heterocycles. The number of unbranched alkanes of at least 4 members (excludes halogenated alkanes) is 3. The third kappa shape index (κ3) is 4.27. The number of hydrogen-bond donors (Lipinski definition) is 1. The second kappa shape index (κ2) is 8.91. The minimum Gasteiger partial charge on any atom is -0.411 e. The molecule has 0 spiro atoms. The number of fused-ring (bicyclic) bond motifs is 3. The number of halogens is 2. The van der Waals surface area contributed by atoms with Crippen LogP contribution in [0.3, 0.4) is 0 Å². The van der Waals surface area contributed by atoms with Gasteiger partial charge >= 0.3 is 0 Å².